The van der Waals surface area contributed by atoms with Crippen LogP contribution >= 0.6 is 0 Å². The Bertz CT molecular complexity index is 601. The van der Waals surface area contributed by atoms with Crippen LogP contribution in [0.5, 0.6) is 0 Å². The van der Waals surface area contributed by atoms with Crippen LogP contribution in [0.15, 0.2) is 29.0 Å². The summed E-state index contributed by atoms with van der Waals surface area (Å²) in [4.78, 5) is 23.5. The molecule has 7 nitrogen and oxygen atoms in total. The van der Waals surface area contributed by atoms with E-state index in [2.05, 4.69) is 15.7 Å². The second-order valence-corrected chi connectivity index (χ2v) is 4.23. The smallest absolute Gasteiger partial charge is 0.274 e. The van der Waals surface area contributed by atoms with Crippen LogP contribution in [0.3, 0.4) is 0 Å². The molecule has 0 bridgehead atoms. The van der Waals surface area contributed by atoms with E-state index in [0.717, 1.165) is 0 Å². The molecular weight excluding hydrogens is 260 g/mol. The Morgan fingerprint density at radius 2 is 2.25 bits per heavy atom. The Labute approximate surface area is 116 Å². The van der Waals surface area contributed by atoms with Crippen LogP contribution in [0, 0.1) is 0 Å². The van der Waals surface area contributed by atoms with Gasteiger partial charge < -0.3 is 15.1 Å². The standard InChI is InChI=1S/C13H16N4O3/c1-3-11(18)15-10-8-17(2)16-12(10)13(19)14-7-9-5-4-6-20-9/h4-6,8H,3,7H2,1-2H3,(H,14,19)(H,15,18). The molecule has 2 rings (SSSR count). The van der Waals surface area contributed by atoms with Gasteiger partial charge in [-0.2, -0.15) is 5.10 Å². The van der Waals surface area contributed by atoms with Gasteiger partial charge in [-0.05, 0) is 12.1 Å². The van der Waals surface area contributed by atoms with E-state index in [9.17, 15) is 9.59 Å². The fraction of sp³-hybridized carbons (Fsp3) is 0.308. The quantitative estimate of drug-likeness (QED) is 0.861. The Balaban J connectivity index is 2.06. The first kappa shape index (κ1) is 13.9. The highest BCUT2D eigenvalue weighted by Crippen LogP contribution is 2.13. The third kappa shape index (κ3) is 3.25. The number of aryl methyl sites for hydroxylation is 1. The zero-order chi connectivity index (χ0) is 14.5. The minimum absolute atomic E-state index is 0.168. The van der Waals surface area contributed by atoms with Crippen LogP contribution in [0.2, 0.25) is 0 Å². The van der Waals surface area contributed by atoms with Gasteiger partial charge in [-0.25, -0.2) is 0 Å². The number of furan rings is 1. The molecule has 0 aliphatic carbocycles. The van der Waals surface area contributed by atoms with Gasteiger partial charge in [-0.1, -0.05) is 6.92 Å². The number of nitrogens with zero attached hydrogens (tertiary/aromatic N) is 2. The maximum Gasteiger partial charge on any atom is 0.274 e. The number of nitrogens with one attached hydrogen (secondary N) is 2. The maximum atomic E-state index is 12.1. The molecule has 106 valence electrons. The van der Waals surface area contributed by atoms with Crippen molar-refractivity contribution < 1.29 is 14.0 Å². The molecule has 0 saturated carbocycles. The second kappa shape index (κ2) is 6.05. The first-order valence-electron chi connectivity index (χ1n) is 6.24. The van der Waals surface area contributed by atoms with Crippen molar-refractivity contribution in [1.29, 1.82) is 0 Å². The molecule has 0 aromatic carbocycles. The zero-order valence-corrected chi connectivity index (χ0v) is 11.3. The average Bonchev–Trinajstić information content (AvgIpc) is 3.05. The van der Waals surface area contributed by atoms with Crippen molar-refractivity contribution in [3.05, 3.63) is 36.0 Å². The number of carbonyl (C=O) groups excluding carboxylic acids is 2. The predicted octanol–water partition coefficient (Wildman–Crippen LogP) is 1.29. The van der Waals surface area contributed by atoms with E-state index in [1.54, 1.807) is 32.3 Å². The summed E-state index contributed by atoms with van der Waals surface area (Å²) in [6.45, 7) is 2.01. The molecule has 0 saturated heterocycles. The summed E-state index contributed by atoms with van der Waals surface area (Å²) in [5, 5.41) is 9.39. The molecule has 0 unspecified atom stereocenters. The van der Waals surface area contributed by atoms with Gasteiger partial charge in [0.25, 0.3) is 5.91 Å². The largest absolute Gasteiger partial charge is 0.467 e. The molecular formula is C13H16N4O3. The number of hydrogen-bond acceptors (Lipinski definition) is 4. The summed E-state index contributed by atoms with van der Waals surface area (Å²) in [7, 11) is 1.69. The molecule has 0 aliphatic heterocycles. The van der Waals surface area contributed by atoms with Crippen molar-refractivity contribution in [2.75, 3.05) is 5.32 Å². The monoisotopic (exact) mass is 276 g/mol. The molecule has 0 spiro atoms. The van der Waals surface area contributed by atoms with Gasteiger partial charge in [0.15, 0.2) is 5.69 Å². The topological polar surface area (TPSA) is 89.2 Å². The summed E-state index contributed by atoms with van der Waals surface area (Å²) >= 11 is 0. The fourth-order valence-corrected chi connectivity index (χ4v) is 1.65. The van der Waals surface area contributed by atoms with Crippen LogP contribution in [-0.2, 0) is 18.4 Å². The number of carbonyl (C=O) groups is 2. The van der Waals surface area contributed by atoms with E-state index in [4.69, 9.17) is 4.42 Å². The van der Waals surface area contributed by atoms with Crippen molar-refractivity contribution in [2.24, 2.45) is 7.05 Å². The van der Waals surface area contributed by atoms with E-state index >= 15 is 0 Å². The Morgan fingerprint density at radius 1 is 1.45 bits per heavy atom. The van der Waals surface area contributed by atoms with Crippen LogP contribution in [0.1, 0.15) is 29.6 Å². The van der Waals surface area contributed by atoms with Gasteiger partial charge in [0.1, 0.15) is 5.76 Å². The van der Waals surface area contributed by atoms with Crippen molar-refractivity contribution in [3.63, 3.8) is 0 Å². The van der Waals surface area contributed by atoms with Gasteiger partial charge in [0.2, 0.25) is 5.91 Å². The first-order chi connectivity index (χ1) is 9.60. The Hall–Kier alpha value is -2.57. The molecule has 0 fully saturated rings. The second-order valence-electron chi connectivity index (χ2n) is 4.23. The van der Waals surface area contributed by atoms with Crippen molar-refractivity contribution in [2.45, 2.75) is 19.9 Å². The Morgan fingerprint density at radius 3 is 2.90 bits per heavy atom. The SMILES string of the molecule is CCC(=O)Nc1cn(C)nc1C(=O)NCc1ccco1. The summed E-state index contributed by atoms with van der Waals surface area (Å²) in [5.74, 6) is 0.111. The summed E-state index contributed by atoms with van der Waals surface area (Å²) in [5.41, 5.74) is 0.581. The van der Waals surface area contributed by atoms with E-state index in [1.807, 2.05) is 0 Å². The summed E-state index contributed by atoms with van der Waals surface area (Å²) < 4.78 is 6.61. The van der Waals surface area contributed by atoms with Gasteiger partial charge >= 0.3 is 0 Å². The lowest BCUT2D eigenvalue weighted by molar-refractivity contribution is -0.115. The van der Waals surface area contributed by atoms with E-state index in [-0.39, 0.29) is 24.1 Å². The lowest BCUT2D eigenvalue weighted by Crippen LogP contribution is -2.24. The van der Waals surface area contributed by atoms with Gasteiger partial charge in [0.05, 0.1) is 18.5 Å². The highest BCUT2D eigenvalue weighted by Gasteiger charge is 2.17. The van der Waals surface area contributed by atoms with E-state index < -0.39 is 0 Å². The minimum atomic E-state index is -0.367. The zero-order valence-electron chi connectivity index (χ0n) is 11.3. The molecule has 0 radical (unpaired) electrons. The number of hydrogen-bond donors (Lipinski definition) is 2. The third-order valence-corrected chi connectivity index (χ3v) is 2.64. The number of amides is 2. The first-order valence-corrected chi connectivity index (χ1v) is 6.24. The van der Waals surface area contributed by atoms with Crippen LogP contribution in [0.4, 0.5) is 5.69 Å². The third-order valence-electron chi connectivity index (χ3n) is 2.64. The average molecular weight is 276 g/mol. The fourth-order valence-electron chi connectivity index (χ4n) is 1.65. The molecule has 20 heavy (non-hydrogen) atoms. The number of rotatable bonds is 5. The molecule has 0 aliphatic rings. The number of anilines is 1. The maximum absolute atomic E-state index is 12.1. The summed E-state index contributed by atoms with van der Waals surface area (Å²) in [6, 6.07) is 3.51. The highest BCUT2D eigenvalue weighted by atomic mass is 16.3. The van der Waals surface area contributed by atoms with Gasteiger partial charge in [0, 0.05) is 19.7 Å². The molecule has 2 aromatic rings. The van der Waals surface area contributed by atoms with Crippen LogP contribution in [0.25, 0.3) is 0 Å². The Kier molecular flexibility index (Phi) is 4.19. The molecule has 2 heterocycles. The van der Waals surface area contributed by atoms with E-state index in [1.165, 1.54) is 10.9 Å². The lowest BCUT2D eigenvalue weighted by Gasteiger charge is -2.04. The van der Waals surface area contributed by atoms with Crippen molar-refractivity contribution in [1.82, 2.24) is 15.1 Å². The molecule has 2 aromatic heterocycles. The number of aromatic nitrogens is 2. The van der Waals surface area contributed by atoms with Gasteiger partial charge in [-0.3, -0.25) is 14.3 Å². The van der Waals surface area contributed by atoms with Crippen molar-refractivity contribution in [3.8, 4) is 0 Å². The normalized spacial score (nSPS) is 10.3. The molecule has 0 atom stereocenters. The van der Waals surface area contributed by atoms with Crippen LogP contribution < -0.4 is 10.6 Å². The molecule has 2 amide bonds. The summed E-state index contributed by atoms with van der Waals surface area (Å²) in [6.07, 6.45) is 3.47. The van der Waals surface area contributed by atoms with E-state index in [0.29, 0.717) is 17.9 Å². The minimum Gasteiger partial charge on any atom is -0.467 e. The highest BCUT2D eigenvalue weighted by molar-refractivity contribution is 6.02. The van der Waals surface area contributed by atoms with Crippen molar-refractivity contribution >= 4 is 17.5 Å². The lowest BCUT2D eigenvalue weighted by atomic mass is 10.3. The van der Waals surface area contributed by atoms with Gasteiger partial charge in [-0.15, -0.1) is 0 Å². The molecule has 2 N–H and O–H groups in total. The molecule has 7 heteroatoms. The van der Waals surface area contributed by atoms with Crippen LogP contribution in [-0.4, -0.2) is 21.6 Å². The predicted molar refractivity (Wildman–Crippen MR) is 72.0 cm³/mol.